The van der Waals surface area contributed by atoms with Gasteiger partial charge < -0.3 is 0 Å². The molecule has 0 saturated carbocycles. The first-order valence-corrected chi connectivity index (χ1v) is 9.80. The van der Waals surface area contributed by atoms with Crippen molar-refractivity contribution in [3.63, 3.8) is 0 Å². The van der Waals surface area contributed by atoms with Crippen molar-refractivity contribution in [2.45, 2.75) is 80.1 Å². The van der Waals surface area contributed by atoms with Crippen molar-refractivity contribution in [2.75, 3.05) is 0 Å². The Morgan fingerprint density at radius 1 is 0.958 bits per heavy atom. The summed E-state index contributed by atoms with van der Waals surface area (Å²) in [6.07, 6.45) is 13.4. The van der Waals surface area contributed by atoms with Crippen LogP contribution in [0.25, 0.3) is 0 Å². The highest BCUT2D eigenvalue weighted by atomic mass is 14.3. The van der Waals surface area contributed by atoms with E-state index < -0.39 is 0 Å². The van der Waals surface area contributed by atoms with E-state index in [1.807, 2.05) is 0 Å². The van der Waals surface area contributed by atoms with Crippen LogP contribution in [0.2, 0.25) is 0 Å². The van der Waals surface area contributed by atoms with Crippen LogP contribution in [0.4, 0.5) is 0 Å². The van der Waals surface area contributed by atoms with Crippen LogP contribution in [0, 0.1) is 23.2 Å². The summed E-state index contributed by atoms with van der Waals surface area (Å²) in [6.45, 7) is 25.9. The predicted octanol–water partition coefficient (Wildman–Crippen LogP) is 8.14. The second kappa shape index (κ2) is 11.5. The SMILES string of the molecule is C=CC(C)CCC(CC(C)C=C)=C(CC(C)(C)C=C)C(C)CCC. The Hall–Kier alpha value is -1.04. The molecule has 0 aliphatic heterocycles. The average molecular weight is 331 g/mol. The van der Waals surface area contributed by atoms with Crippen molar-refractivity contribution in [2.24, 2.45) is 23.2 Å². The Labute approximate surface area is 152 Å². The maximum Gasteiger partial charge on any atom is -0.0140 e. The van der Waals surface area contributed by atoms with Crippen LogP contribution in [0.5, 0.6) is 0 Å². The fourth-order valence-electron chi connectivity index (χ4n) is 3.20. The van der Waals surface area contributed by atoms with E-state index in [-0.39, 0.29) is 5.41 Å². The summed E-state index contributed by atoms with van der Waals surface area (Å²) in [5.74, 6) is 1.77. The van der Waals surface area contributed by atoms with Crippen LogP contribution in [-0.2, 0) is 0 Å². The first-order valence-electron chi connectivity index (χ1n) is 9.80. The van der Waals surface area contributed by atoms with Gasteiger partial charge in [-0.15, -0.1) is 19.7 Å². The first kappa shape index (κ1) is 23.0. The van der Waals surface area contributed by atoms with Crippen LogP contribution < -0.4 is 0 Å². The molecule has 0 aromatic carbocycles. The van der Waals surface area contributed by atoms with Crippen molar-refractivity contribution in [3.05, 3.63) is 49.1 Å². The first-order chi connectivity index (χ1) is 11.2. The summed E-state index contributed by atoms with van der Waals surface area (Å²) < 4.78 is 0. The second-order valence-corrected chi connectivity index (χ2v) is 8.36. The fourth-order valence-corrected chi connectivity index (χ4v) is 3.20. The van der Waals surface area contributed by atoms with Crippen LogP contribution >= 0.6 is 0 Å². The van der Waals surface area contributed by atoms with E-state index >= 15 is 0 Å². The Morgan fingerprint density at radius 3 is 2.00 bits per heavy atom. The van der Waals surface area contributed by atoms with Gasteiger partial charge >= 0.3 is 0 Å². The lowest BCUT2D eigenvalue weighted by Crippen LogP contribution is -2.15. The lowest BCUT2D eigenvalue weighted by Gasteiger charge is -2.29. The molecule has 0 saturated heterocycles. The van der Waals surface area contributed by atoms with Crippen LogP contribution in [-0.4, -0.2) is 0 Å². The summed E-state index contributed by atoms with van der Waals surface area (Å²) >= 11 is 0. The third-order valence-electron chi connectivity index (χ3n) is 5.24. The largest absolute Gasteiger partial charge is 0.103 e. The van der Waals surface area contributed by atoms with Crippen molar-refractivity contribution >= 4 is 0 Å². The molecule has 0 radical (unpaired) electrons. The molecular formula is C24H42. The van der Waals surface area contributed by atoms with Gasteiger partial charge in [-0.3, -0.25) is 0 Å². The van der Waals surface area contributed by atoms with E-state index in [1.54, 1.807) is 11.1 Å². The van der Waals surface area contributed by atoms with Gasteiger partial charge in [-0.2, -0.15) is 0 Å². The monoisotopic (exact) mass is 330 g/mol. The molecule has 0 aromatic heterocycles. The number of allylic oxidation sites excluding steroid dienone is 5. The van der Waals surface area contributed by atoms with Crippen LogP contribution in [0.15, 0.2) is 49.1 Å². The molecule has 138 valence electrons. The van der Waals surface area contributed by atoms with Crippen molar-refractivity contribution in [1.29, 1.82) is 0 Å². The van der Waals surface area contributed by atoms with Gasteiger partial charge in [0.1, 0.15) is 0 Å². The minimum atomic E-state index is 0.157. The van der Waals surface area contributed by atoms with E-state index in [2.05, 4.69) is 79.5 Å². The lowest BCUT2D eigenvalue weighted by molar-refractivity contribution is 0.429. The molecule has 0 aliphatic rings. The summed E-state index contributed by atoms with van der Waals surface area (Å²) in [6, 6.07) is 0. The zero-order chi connectivity index (χ0) is 18.8. The summed E-state index contributed by atoms with van der Waals surface area (Å²) in [5.41, 5.74) is 3.49. The van der Waals surface area contributed by atoms with Gasteiger partial charge in [-0.25, -0.2) is 0 Å². The molecular weight excluding hydrogens is 288 g/mol. The quantitative estimate of drug-likeness (QED) is 0.299. The topological polar surface area (TPSA) is 0 Å². The van der Waals surface area contributed by atoms with Gasteiger partial charge in [0.15, 0.2) is 0 Å². The highest BCUT2D eigenvalue weighted by molar-refractivity contribution is 5.21. The summed E-state index contributed by atoms with van der Waals surface area (Å²) in [7, 11) is 0. The van der Waals surface area contributed by atoms with Gasteiger partial charge in [-0.05, 0) is 55.3 Å². The third-order valence-corrected chi connectivity index (χ3v) is 5.24. The van der Waals surface area contributed by atoms with Crippen LogP contribution in [0.3, 0.4) is 0 Å². The molecule has 0 heterocycles. The normalized spacial score (nSPS) is 16.8. The highest BCUT2D eigenvalue weighted by Gasteiger charge is 2.22. The maximum atomic E-state index is 4.06. The number of hydrogen-bond acceptors (Lipinski definition) is 0. The number of rotatable bonds is 13. The minimum Gasteiger partial charge on any atom is -0.103 e. The van der Waals surface area contributed by atoms with Gasteiger partial charge in [0.25, 0.3) is 0 Å². The minimum absolute atomic E-state index is 0.157. The average Bonchev–Trinajstić information content (AvgIpc) is 2.56. The molecule has 0 amide bonds. The fraction of sp³-hybridized carbons (Fsp3) is 0.667. The highest BCUT2D eigenvalue weighted by Crippen LogP contribution is 2.37. The van der Waals surface area contributed by atoms with Crippen molar-refractivity contribution < 1.29 is 0 Å². The molecule has 0 rings (SSSR count). The zero-order valence-electron chi connectivity index (χ0n) is 17.3. The Balaban J connectivity index is 5.72. The predicted molar refractivity (Wildman–Crippen MR) is 112 cm³/mol. The maximum absolute atomic E-state index is 4.06. The van der Waals surface area contributed by atoms with E-state index in [1.165, 1.54) is 25.7 Å². The van der Waals surface area contributed by atoms with Gasteiger partial charge in [0, 0.05) is 0 Å². The molecule has 0 heteroatoms. The molecule has 0 fully saturated rings. The van der Waals surface area contributed by atoms with E-state index in [0.717, 1.165) is 12.8 Å². The van der Waals surface area contributed by atoms with Gasteiger partial charge in [-0.1, -0.05) is 77.3 Å². The lowest BCUT2D eigenvalue weighted by atomic mass is 9.76. The standard InChI is InChI=1S/C24H42/c1-10-14-21(7)23(18-24(8,9)13-4)22(17-20(6)12-3)16-15-19(5)11-2/h11-13,19-21H,2-4,10,14-18H2,1,5-9H3. The van der Waals surface area contributed by atoms with Crippen molar-refractivity contribution in [1.82, 2.24) is 0 Å². The molecule has 0 spiro atoms. The second-order valence-electron chi connectivity index (χ2n) is 8.36. The molecule has 0 aliphatic carbocycles. The zero-order valence-corrected chi connectivity index (χ0v) is 17.3. The van der Waals surface area contributed by atoms with Crippen LogP contribution in [0.1, 0.15) is 80.1 Å². The smallest absolute Gasteiger partial charge is 0.0140 e. The van der Waals surface area contributed by atoms with Crippen molar-refractivity contribution in [3.8, 4) is 0 Å². The van der Waals surface area contributed by atoms with Gasteiger partial charge in [0.2, 0.25) is 0 Å². The molecule has 3 atom stereocenters. The molecule has 0 nitrogen and oxygen atoms in total. The summed E-state index contributed by atoms with van der Waals surface area (Å²) in [4.78, 5) is 0. The van der Waals surface area contributed by atoms with E-state index in [0.29, 0.717) is 17.8 Å². The molecule has 0 bridgehead atoms. The molecule has 0 N–H and O–H groups in total. The van der Waals surface area contributed by atoms with E-state index in [9.17, 15) is 0 Å². The molecule has 24 heavy (non-hydrogen) atoms. The molecule has 0 aromatic rings. The Morgan fingerprint density at radius 2 is 1.54 bits per heavy atom. The molecule has 3 unspecified atom stereocenters. The number of hydrogen-bond donors (Lipinski definition) is 0. The van der Waals surface area contributed by atoms with E-state index in [4.69, 9.17) is 0 Å². The van der Waals surface area contributed by atoms with Gasteiger partial charge in [0.05, 0.1) is 0 Å². The third kappa shape index (κ3) is 8.71. The Bertz CT molecular complexity index is 421. The summed E-state index contributed by atoms with van der Waals surface area (Å²) in [5, 5.41) is 0. The Kier molecular flexibility index (Phi) is 11.0.